The van der Waals surface area contributed by atoms with Crippen LogP contribution >= 0.6 is 0 Å². The van der Waals surface area contributed by atoms with Crippen molar-refractivity contribution in [1.29, 1.82) is 0 Å². The highest BCUT2D eigenvalue weighted by atomic mass is 16.5. The molecular formula is C28H31N3O3. The number of fused-ring (bicyclic) bond motifs is 1. The normalized spacial score (nSPS) is 10.9. The van der Waals surface area contributed by atoms with Crippen LogP contribution in [0.2, 0.25) is 0 Å². The molecule has 0 aliphatic heterocycles. The summed E-state index contributed by atoms with van der Waals surface area (Å²) < 4.78 is 10.6. The number of aromatic nitrogens is 2. The third-order valence-corrected chi connectivity index (χ3v) is 6.00. The van der Waals surface area contributed by atoms with Gasteiger partial charge in [-0.1, -0.05) is 23.8 Å². The molecule has 4 rings (SSSR count). The van der Waals surface area contributed by atoms with Crippen LogP contribution in [0.3, 0.4) is 0 Å². The lowest BCUT2D eigenvalue weighted by Gasteiger charge is -2.10. The minimum atomic E-state index is 0.0656. The third kappa shape index (κ3) is 5.39. The first kappa shape index (κ1) is 23.4. The van der Waals surface area contributed by atoms with Crippen LogP contribution in [0.1, 0.15) is 29.5 Å². The van der Waals surface area contributed by atoms with Gasteiger partial charge >= 0.3 is 0 Å². The average Bonchev–Trinajstić information content (AvgIpc) is 3.22. The fourth-order valence-electron chi connectivity index (χ4n) is 4.25. The molecule has 2 aromatic heterocycles. The second kappa shape index (κ2) is 10.9. The Kier molecular flexibility index (Phi) is 7.48. The zero-order valence-corrected chi connectivity index (χ0v) is 20.0. The molecule has 0 spiro atoms. The predicted octanol–water partition coefficient (Wildman–Crippen LogP) is 5.24. The Morgan fingerprint density at radius 1 is 1.00 bits per heavy atom. The van der Waals surface area contributed by atoms with Gasteiger partial charge in [0.05, 0.1) is 25.6 Å². The van der Waals surface area contributed by atoms with E-state index in [9.17, 15) is 4.79 Å². The zero-order chi connectivity index (χ0) is 23.9. The van der Waals surface area contributed by atoms with E-state index >= 15 is 0 Å². The van der Waals surface area contributed by atoms with Crippen molar-refractivity contribution in [3.63, 3.8) is 0 Å². The molecule has 6 heteroatoms. The number of nitrogens with zero attached hydrogens (tertiary/aromatic N) is 1. The molecule has 0 aliphatic carbocycles. The SMILES string of the molecule is COc1ccc(CCNC(=O)CCCc2c(-c3ccccn3)[nH]c3ccc(C)cc23)cc1OC. The number of amides is 1. The molecule has 0 saturated carbocycles. The largest absolute Gasteiger partial charge is 0.493 e. The van der Waals surface area contributed by atoms with Crippen LogP contribution in [0.25, 0.3) is 22.3 Å². The van der Waals surface area contributed by atoms with E-state index in [1.54, 1.807) is 14.2 Å². The van der Waals surface area contributed by atoms with Crippen LogP contribution < -0.4 is 14.8 Å². The van der Waals surface area contributed by atoms with Crippen molar-refractivity contribution >= 4 is 16.8 Å². The highest BCUT2D eigenvalue weighted by Crippen LogP contribution is 2.31. The number of carbonyl (C=O) groups is 1. The Morgan fingerprint density at radius 2 is 1.85 bits per heavy atom. The van der Waals surface area contributed by atoms with Gasteiger partial charge in [-0.15, -0.1) is 0 Å². The van der Waals surface area contributed by atoms with Crippen LogP contribution in [0, 0.1) is 6.92 Å². The average molecular weight is 458 g/mol. The highest BCUT2D eigenvalue weighted by molar-refractivity contribution is 5.90. The fraction of sp³-hybridized carbons (Fsp3) is 0.286. The summed E-state index contributed by atoms with van der Waals surface area (Å²) in [5.74, 6) is 1.47. The Balaban J connectivity index is 1.35. The van der Waals surface area contributed by atoms with Crippen molar-refractivity contribution in [3.8, 4) is 22.9 Å². The van der Waals surface area contributed by atoms with Crippen LogP contribution in [-0.2, 0) is 17.6 Å². The quantitative estimate of drug-likeness (QED) is 0.342. The van der Waals surface area contributed by atoms with Crippen molar-refractivity contribution in [2.24, 2.45) is 0 Å². The number of benzene rings is 2. The molecule has 0 fully saturated rings. The molecule has 2 aromatic carbocycles. The number of nitrogens with one attached hydrogen (secondary N) is 2. The molecule has 0 unspecified atom stereocenters. The van der Waals surface area contributed by atoms with Gasteiger partial charge in [-0.05, 0) is 73.7 Å². The van der Waals surface area contributed by atoms with Crippen molar-refractivity contribution in [3.05, 3.63) is 77.5 Å². The number of hydrogen-bond donors (Lipinski definition) is 2. The minimum Gasteiger partial charge on any atom is -0.493 e. The summed E-state index contributed by atoms with van der Waals surface area (Å²) in [6, 6.07) is 18.2. The van der Waals surface area contributed by atoms with Gasteiger partial charge in [-0.3, -0.25) is 9.78 Å². The maximum absolute atomic E-state index is 12.5. The van der Waals surface area contributed by atoms with Crippen LogP contribution in [0.5, 0.6) is 11.5 Å². The summed E-state index contributed by atoms with van der Waals surface area (Å²) in [5, 5.41) is 4.24. The summed E-state index contributed by atoms with van der Waals surface area (Å²) >= 11 is 0. The number of H-pyrrole nitrogens is 1. The smallest absolute Gasteiger partial charge is 0.220 e. The van der Waals surface area contributed by atoms with Crippen molar-refractivity contribution in [2.45, 2.75) is 32.6 Å². The van der Waals surface area contributed by atoms with E-state index in [0.29, 0.717) is 24.5 Å². The molecule has 4 aromatic rings. The first-order valence-electron chi connectivity index (χ1n) is 11.6. The second-order valence-corrected chi connectivity index (χ2v) is 8.39. The summed E-state index contributed by atoms with van der Waals surface area (Å²) in [4.78, 5) is 20.6. The van der Waals surface area contributed by atoms with Gasteiger partial charge in [0.1, 0.15) is 0 Å². The third-order valence-electron chi connectivity index (χ3n) is 6.00. The number of ether oxygens (including phenoxy) is 2. The number of pyridine rings is 1. The number of hydrogen-bond acceptors (Lipinski definition) is 4. The molecule has 176 valence electrons. The number of aryl methyl sites for hydroxylation is 2. The van der Waals surface area contributed by atoms with Gasteiger partial charge in [0, 0.05) is 30.1 Å². The summed E-state index contributed by atoms with van der Waals surface area (Å²) in [5.41, 5.74) is 6.58. The van der Waals surface area contributed by atoms with Gasteiger partial charge in [-0.25, -0.2) is 0 Å². The van der Waals surface area contributed by atoms with E-state index in [4.69, 9.17) is 9.47 Å². The van der Waals surface area contributed by atoms with Crippen molar-refractivity contribution in [1.82, 2.24) is 15.3 Å². The Morgan fingerprint density at radius 3 is 2.62 bits per heavy atom. The summed E-state index contributed by atoms with van der Waals surface area (Å²) in [6.45, 7) is 2.68. The topological polar surface area (TPSA) is 76.2 Å². The number of aromatic amines is 1. The molecule has 1 amide bonds. The predicted molar refractivity (Wildman–Crippen MR) is 135 cm³/mol. The first-order valence-corrected chi connectivity index (χ1v) is 11.6. The first-order chi connectivity index (χ1) is 16.6. The molecule has 0 saturated heterocycles. The van der Waals surface area contributed by atoms with Gasteiger partial charge < -0.3 is 19.8 Å². The molecule has 6 nitrogen and oxygen atoms in total. The summed E-state index contributed by atoms with van der Waals surface area (Å²) in [7, 11) is 3.24. The molecule has 2 N–H and O–H groups in total. The molecule has 0 aliphatic rings. The highest BCUT2D eigenvalue weighted by Gasteiger charge is 2.15. The molecule has 0 atom stereocenters. The van der Waals surface area contributed by atoms with E-state index in [1.165, 1.54) is 16.5 Å². The van der Waals surface area contributed by atoms with Crippen molar-refractivity contribution < 1.29 is 14.3 Å². The molecule has 34 heavy (non-hydrogen) atoms. The lowest BCUT2D eigenvalue weighted by molar-refractivity contribution is -0.121. The van der Waals surface area contributed by atoms with E-state index in [0.717, 1.165) is 41.7 Å². The standard InChI is InChI=1S/C28H31N3O3/c1-19-10-12-23-22(17-19)21(28(31-23)24-8-4-5-15-29-24)7-6-9-27(32)30-16-14-20-11-13-25(33-2)26(18-20)34-3/h4-5,8,10-13,15,17-18,31H,6-7,9,14,16H2,1-3H3,(H,30,32). The lowest BCUT2D eigenvalue weighted by Crippen LogP contribution is -2.25. The fourth-order valence-corrected chi connectivity index (χ4v) is 4.25. The van der Waals surface area contributed by atoms with E-state index in [1.807, 2.05) is 42.6 Å². The van der Waals surface area contributed by atoms with E-state index in [2.05, 4.69) is 40.4 Å². The zero-order valence-electron chi connectivity index (χ0n) is 20.0. The Hall–Kier alpha value is -3.80. The second-order valence-electron chi connectivity index (χ2n) is 8.39. The molecule has 0 radical (unpaired) electrons. The number of rotatable bonds is 10. The van der Waals surface area contributed by atoms with Crippen LogP contribution in [-0.4, -0.2) is 36.6 Å². The van der Waals surface area contributed by atoms with Crippen molar-refractivity contribution in [2.75, 3.05) is 20.8 Å². The number of carbonyl (C=O) groups excluding carboxylic acids is 1. The maximum atomic E-state index is 12.5. The van der Waals surface area contributed by atoms with E-state index in [-0.39, 0.29) is 5.91 Å². The molecular weight excluding hydrogens is 426 g/mol. The Labute approximate surface area is 200 Å². The molecule has 2 heterocycles. The van der Waals surface area contributed by atoms with E-state index < -0.39 is 0 Å². The van der Waals surface area contributed by atoms with Gasteiger partial charge in [0.15, 0.2) is 11.5 Å². The monoisotopic (exact) mass is 457 g/mol. The van der Waals surface area contributed by atoms with Gasteiger partial charge in [-0.2, -0.15) is 0 Å². The van der Waals surface area contributed by atoms with Gasteiger partial charge in [0.25, 0.3) is 0 Å². The lowest BCUT2D eigenvalue weighted by atomic mass is 10.0. The van der Waals surface area contributed by atoms with Crippen LogP contribution in [0.15, 0.2) is 60.8 Å². The Bertz CT molecular complexity index is 1260. The minimum absolute atomic E-state index is 0.0656. The molecule has 0 bridgehead atoms. The summed E-state index contributed by atoms with van der Waals surface area (Å²) in [6.07, 6.45) is 4.59. The van der Waals surface area contributed by atoms with Crippen LogP contribution in [0.4, 0.5) is 0 Å². The van der Waals surface area contributed by atoms with Gasteiger partial charge in [0.2, 0.25) is 5.91 Å². The maximum Gasteiger partial charge on any atom is 0.220 e. The number of methoxy groups -OCH3 is 2.